The molecule has 2 heterocycles. The summed E-state index contributed by atoms with van der Waals surface area (Å²) in [6, 6.07) is 10.7. The lowest BCUT2D eigenvalue weighted by Gasteiger charge is -2.48. The second-order valence-electron chi connectivity index (χ2n) is 11.9. The van der Waals surface area contributed by atoms with Crippen molar-refractivity contribution in [3.05, 3.63) is 83.7 Å². The van der Waals surface area contributed by atoms with Gasteiger partial charge in [0.15, 0.2) is 5.82 Å². The smallest absolute Gasteiger partial charge is 0.244 e. The number of nitrogens with one attached hydrogen (secondary N) is 1. The zero-order valence-electron chi connectivity index (χ0n) is 24.7. The molecule has 2 N–H and O–H groups in total. The van der Waals surface area contributed by atoms with Crippen LogP contribution in [0.5, 0.6) is 0 Å². The molecule has 1 aliphatic rings. The van der Waals surface area contributed by atoms with E-state index in [2.05, 4.69) is 15.3 Å². The van der Waals surface area contributed by atoms with Gasteiger partial charge in [-0.3, -0.25) is 14.5 Å². The minimum Gasteiger partial charge on any atom is -0.390 e. The van der Waals surface area contributed by atoms with Gasteiger partial charge in [0.05, 0.1) is 5.60 Å². The summed E-state index contributed by atoms with van der Waals surface area (Å²) in [7, 11) is 0. The first-order valence-electron chi connectivity index (χ1n) is 14.2. The topological polar surface area (TPSA) is 98.7 Å². The molecule has 0 saturated carbocycles. The summed E-state index contributed by atoms with van der Waals surface area (Å²) < 4.78 is 30.1. The van der Waals surface area contributed by atoms with Crippen molar-refractivity contribution in [3.63, 3.8) is 0 Å². The highest BCUT2D eigenvalue weighted by atomic mass is 19.1. The minimum absolute atomic E-state index is 0.0293. The van der Waals surface area contributed by atoms with Gasteiger partial charge in [0.1, 0.15) is 17.7 Å². The molecule has 3 atom stereocenters. The summed E-state index contributed by atoms with van der Waals surface area (Å²) in [5, 5.41) is 13.6. The van der Waals surface area contributed by atoms with Gasteiger partial charge in [0.25, 0.3) is 0 Å². The molecule has 0 spiro atoms. The van der Waals surface area contributed by atoms with Crippen LogP contribution in [-0.4, -0.2) is 67.5 Å². The third-order valence-corrected chi connectivity index (χ3v) is 7.48. The first kappa shape index (κ1) is 31.2. The number of benzene rings is 2. The van der Waals surface area contributed by atoms with E-state index < -0.39 is 35.4 Å². The molecule has 0 bridgehead atoms. The molecule has 2 aromatic carbocycles. The van der Waals surface area contributed by atoms with Crippen LogP contribution in [0, 0.1) is 17.6 Å². The molecule has 4 rings (SSSR count). The second kappa shape index (κ2) is 13.0. The number of nitrogens with zero attached hydrogens (tertiary/aromatic N) is 4. The molecule has 1 saturated heterocycles. The van der Waals surface area contributed by atoms with Crippen molar-refractivity contribution in [2.45, 2.75) is 71.3 Å². The molecule has 1 fully saturated rings. The van der Waals surface area contributed by atoms with Gasteiger partial charge in [-0.15, -0.1) is 0 Å². The van der Waals surface area contributed by atoms with Crippen LogP contribution in [0.4, 0.5) is 8.78 Å². The number of halogens is 2. The second-order valence-corrected chi connectivity index (χ2v) is 11.9. The van der Waals surface area contributed by atoms with E-state index in [0.29, 0.717) is 5.82 Å². The normalized spacial score (nSPS) is 18.6. The lowest BCUT2D eigenvalue weighted by atomic mass is 9.90. The van der Waals surface area contributed by atoms with E-state index >= 15 is 8.78 Å². The molecule has 2 amide bonds. The van der Waals surface area contributed by atoms with Gasteiger partial charge < -0.3 is 15.3 Å². The van der Waals surface area contributed by atoms with Crippen molar-refractivity contribution in [2.75, 3.05) is 13.1 Å². The van der Waals surface area contributed by atoms with Crippen molar-refractivity contribution < 1.29 is 23.5 Å². The molecule has 8 nitrogen and oxygen atoms in total. The van der Waals surface area contributed by atoms with Crippen LogP contribution in [0.3, 0.4) is 0 Å². The number of rotatable bonds is 9. The Bertz CT molecular complexity index is 1360. The summed E-state index contributed by atoms with van der Waals surface area (Å²) in [6.07, 6.45) is 3.37. The third kappa shape index (κ3) is 7.35. The number of carbonyl (C=O) groups is 2. The average molecular weight is 580 g/mol. The van der Waals surface area contributed by atoms with E-state index in [1.807, 2.05) is 36.1 Å². The Morgan fingerprint density at radius 1 is 1.02 bits per heavy atom. The molecule has 0 unspecified atom stereocenters. The Kier molecular flexibility index (Phi) is 9.68. The number of carbonyl (C=O) groups excluding carboxylic acids is 2. The van der Waals surface area contributed by atoms with Gasteiger partial charge in [-0.1, -0.05) is 44.2 Å². The number of aromatic nitrogens is 2. The predicted molar refractivity (Wildman–Crippen MR) is 156 cm³/mol. The maximum Gasteiger partial charge on any atom is 0.244 e. The zero-order valence-corrected chi connectivity index (χ0v) is 24.7. The molecule has 224 valence electrons. The summed E-state index contributed by atoms with van der Waals surface area (Å²) in [6.45, 7) is 9.10. The van der Waals surface area contributed by atoms with Gasteiger partial charge in [0, 0.05) is 61.2 Å². The summed E-state index contributed by atoms with van der Waals surface area (Å²) in [5.41, 5.74) is 0.285. The van der Waals surface area contributed by atoms with Crippen molar-refractivity contribution in [2.24, 2.45) is 5.92 Å². The monoisotopic (exact) mass is 579 g/mol. The molecule has 0 radical (unpaired) electrons. The Morgan fingerprint density at radius 3 is 2.21 bits per heavy atom. The van der Waals surface area contributed by atoms with E-state index in [0.717, 1.165) is 11.1 Å². The van der Waals surface area contributed by atoms with E-state index in [4.69, 9.17) is 0 Å². The van der Waals surface area contributed by atoms with Gasteiger partial charge in [-0.05, 0) is 51.0 Å². The van der Waals surface area contributed by atoms with Crippen LogP contribution in [0.2, 0.25) is 0 Å². The van der Waals surface area contributed by atoms with Crippen LogP contribution in [0.1, 0.15) is 58.2 Å². The average Bonchev–Trinajstić information content (AvgIpc) is 2.94. The molecular weight excluding hydrogens is 540 g/mol. The minimum atomic E-state index is -1.25. The molecule has 1 aromatic heterocycles. The van der Waals surface area contributed by atoms with Crippen molar-refractivity contribution >= 4 is 11.8 Å². The summed E-state index contributed by atoms with van der Waals surface area (Å²) in [5.74, 6) is -1.74. The fourth-order valence-corrected chi connectivity index (χ4v) is 5.49. The largest absolute Gasteiger partial charge is 0.390 e. The van der Waals surface area contributed by atoms with Crippen molar-refractivity contribution in [1.82, 2.24) is 25.1 Å². The Hall–Kier alpha value is -3.76. The molecule has 10 heteroatoms. The Labute approximate surface area is 245 Å². The highest BCUT2D eigenvalue weighted by molar-refractivity contribution is 5.89. The quantitative estimate of drug-likeness (QED) is 0.388. The first-order chi connectivity index (χ1) is 19.9. The van der Waals surface area contributed by atoms with E-state index in [-0.39, 0.29) is 49.4 Å². The van der Waals surface area contributed by atoms with E-state index in [1.54, 1.807) is 51.1 Å². The highest BCUT2D eigenvalue weighted by Gasteiger charge is 2.43. The van der Waals surface area contributed by atoms with E-state index in [9.17, 15) is 14.7 Å². The number of piperazine rings is 1. The summed E-state index contributed by atoms with van der Waals surface area (Å²) >= 11 is 0. The zero-order chi connectivity index (χ0) is 30.6. The molecule has 0 aliphatic carbocycles. The van der Waals surface area contributed by atoms with Crippen LogP contribution in [0.15, 0.2) is 60.9 Å². The summed E-state index contributed by atoms with van der Waals surface area (Å²) in [4.78, 5) is 38.9. The van der Waals surface area contributed by atoms with Crippen LogP contribution in [-0.2, 0) is 16.1 Å². The van der Waals surface area contributed by atoms with Crippen molar-refractivity contribution in [1.29, 1.82) is 0 Å². The van der Waals surface area contributed by atoms with Gasteiger partial charge in [-0.25, -0.2) is 18.7 Å². The molecule has 42 heavy (non-hydrogen) atoms. The van der Waals surface area contributed by atoms with Crippen LogP contribution >= 0.6 is 0 Å². The third-order valence-electron chi connectivity index (χ3n) is 7.48. The van der Waals surface area contributed by atoms with E-state index in [1.165, 1.54) is 18.2 Å². The molecule has 1 aliphatic heterocycles. The fourth-order valence-electron chi connectivity index (χ4n) is 5.49. The number of hydrogen-bond donors (Lipinski definition) is 2. The van der Waals surface area contributed by atoms with Crippen LogP contribution < -0.4 is 5.32 Å². The SMILES string of the molecule is CC(C)C(=O)N1[C@H](C)CN([C@H](CC(C)(C)O)c2c(F)cccc2F)C[C@@H]1C(=O)NCc1ccc(-c2ncccn2)cc1. The molecular formula is C32H39F2N5O3. The number of amides is 2. The lowest BCUT2D eigenvalue weighted by Crippen LogP contribution is -2.65. The van der Waals surface area contributed by atoms with Crippen molar-refractivity contribution in [3.8, 4) is 11.4 Å². The fraction of sp³-hybridized carbons (Fsp3) is 0.438. The van der Waals surface area contributed by atoms with Gasteiger partial charge in [-0.2, -0.15) is 0 Å². The van der Waals surface area contributed by atoms with Crippen LogP contribution in [0.25, 0.3) is 11.4 Å². The Balaban J connectivity index is 1.59. The first-order valence-corrected chi connectivity index (χ1v) is 14.2. The highest BCUT2D eigenvalue weighted by Crippen LogP contribution is 2.36. The standard InChI is InChI=1S/C32H39F2N5O3/c1-20(2)31(41)39-21(3)18-38(26(16-32(4,5)42)28-24(33)8-6-9-25(28)34)19-27(39)30(40)37-17-22-10-12-23(13-11-22)29-35-14-7-15-36-29/h6-15,20-21,26-27,42H,16-19H2,1-5H3,(H,37,40)/t21-,26-,27-/m1/s1. The lowest BCUT2D eigenvalue weighted by molar-refractivity contribution is -0.151. The Morgan fingerprint density at radius 2 is 1.64 bits per heavy atom. The number of hydrogen-bond acceptors (Lipinski definition) is 6. The maximum absolute atomic E-state index is 15.0. The van der Waals surface area contributed by atoms with Gasteiger partial charge in [0.2, 0.25) is 11.8 Å². The molecule has 3 aromatic rings. The maximum atomic E-state index is 15.0. The number of aliphatic hydroxyl groups is 1. The van der Waals surface area contributed by atoms with Gasteiger partial charge >= 0.3 is 0 Å². The predicted octanol–water partition coefficient (Wildman–Crippen LogP) is 4.50.